The number of nitro groups is 2. The smallest absolute Gasteiger partial charge is 0.258 e. The second-order valence-corrected chi connectivity index (χ2v) is 3.80. The molecule has 0 N–H and O–H groups in total. The molecule has 3 rings (SSSR count). The molecular weight excluding hydrogens is 300 g/mol. The van der Waals surface area contributed by atoms with E-state index < -0.39 is 9.85 Å². The molecule has 110 valence electrons. The molecule has 0 atom stereocenters. The lowest BCUT2D eigenvalue weighted by Gasteiger charge is -1.98. The highest BCUT2D eigenvalue weighted by molar-refractivity contribution is 5.26. The van der Waals surface area contributed by atoms with Crippen LogP contribution in [0.2, 0.25) is 0 Å². The van der Waals surface area contributed by atoms with Gasteiger partial charge in [-0.1, -0.05) is 0 Å². The SMILES string of the molecule is O=[N+]([O-])c1cnn(-c2nnc(-n3cc([N+](=O)[O-])cn3)nn2)c1. The summed E-state index contributed by atoms with van der Waals surface area (Å²) in [6.45, 7) is 0. The molecule has 0 amide bonds. The minimum absolute atomic E-state index is 0.0986. The van der Waals surface area contributed by atoms with Gasteiger partial charge in [-0.05, 0) is 0 Å². The van der Waals surface area contributed by atoms with Crippen molar-refractivity contribution in [3.63, 3.8) is 0 Å². The van der Waals surface area contributed by atoms with Crippen molar-refractivity contribution in [2.24, 2.45) is 0 Å². The summed E-state index contributed by atoms with van der Waals surface area (Å²) < 4.78 is 2.04. The summed E-state index contributed by atoms with van der Waals surface area (Å²) in [7, 11) is 0. The Kier molecular flexibility index (Phi) is 2.95. The molecule has 3 aromatic heterocycles. The third-order valence-corrected chi connectivity index (χ3v) is 2.43. The minimum Gasteiger partial charge on any atom is -0.258 e. The molecule has 0 fully saturated rings. The summed E-state index contributed by atoms with van der Waals surface area (Å²) in [4.78, 5) is 19.9. The van der Waals surface area contributed by atoms with Gasteiger partial charge in [0.1, 0.15) is 24.8 Å². The monoisotopic (exact) mass is 304 g/mol. The Bertz CT molecular complexity index is 781. The third kappa shape index (κ3) is 2.30. The van der Waals surface area contributed by atoms with Crippen LogP contribution in [-0.4, -0.2) is 49.8 Å². The van der Waals surface area contributed by atoms with Crippen molar-refractivity contribution in [2.75, 3.05) is 0 Å². The first-order valence-electron chi connectivity index (χ1n) is 5.51. The Hall–Kier alpha value is -3.84. The fourth-order valence-electron chi connectivity index (χ4n) is 1.44. The average molecular weight is 304 g/mol. The predicted octanol–water partition coefficient (Wildman–Crippen LogP) is -0.546. The van der Waals surface area contributed by atoms with Crippen molar-refractivity contribution in [1.82, 2.24) is 40.0 Å². The maximum absolute atomic E-state index is 10.6. The Balaban J connectivity index is 1.88. The van der Waals surface area contributed by atoms with E-state index >= 15 is 0 Å². The Morgan fingerprint density at radius 2 is 1.14 bits per heavy atom. The number of hydrogen-bond donors (Lipinski definition) is 0. The zero-order valence-corrected chi connectivity index (χ0v) is 10.4. The molecule has 0 bridgehead atoms. The topological polar surface area (TPSA) is 173 Å². The molecule has 0 saturated carbocycles. The lowest BCUT2D eigenvalue weighted by molar-refractivity contribution is -0.385. The highest BCUT2D eigenvalue weighted by atomic mass is 16.6. The van der Waals surface area contributed by atoms with Gasteiger partial charge in [-0.15, -0.1) is 20.4 Å². The van der Waals surface area contributed by atoms with Gasteiger partial charge < -0.3 is 0 Å². The maximum atomic E-state index is 10.6. The number of hydrogen-bond acceptors (Lipinski definition) is 10. The summed E-state index contributed by atoms with van der Waals surface area (Å²) in [6.07, 6.45) is 4.23. The van der Waals surface area contributed by atoms with Crippen molar-refractivity contribution in [2.45, 2.75) is 0 Å². The fraction of sp³-hybridized carbons (Fsp3) is 0. The van der Waals surface area contributed by atoms with Crippen LogP contribution in [0.3, 0.4) is 0 Å². The van der Waals surface area contributed by atoms with E-state index in [4.69, 9.17) is 0 Å². The highest BCUT2D eigenvalue weighted by Gasteiger charge is 2.15. The van der Waals surface area contributed by atoms with Crippen molar-refractivity contribution in [3.8, 4) is 11.9 Å². The third-order valence-electron chi connectivity index (χ3n) is 2.43. The van der Waals surface area contributed by atoms with Crippen LogP contribution < -0.4 is 0 Å². The average Bonchev–Trinajstić information content (AvgIpc) is 3.17. The quantitative estimate of drug-likeness (QED) is 0.449. The van der Waals surface area contributed by atoms with Crippen LogP contribution in [0.4, 0.5) is 11.4 Å². The van der Waals surface area contributed by atoms with Gasteiger partial charge in [0, 0.05) is 0 Å². The van der Waals surface area contributed by atoms with Crippen LogP contribution in [-0.2, 0) is 0 Å². The van der Waals surface area contributed by atoms with Crippen molar-refractivity contribution < 1.29 is 9.85 Å². The van der Waals surface area contributed by atoms with E-state index in [2.05, 4.69) is 30.6 Å². The summed E-state index contributed by atoms with van der Waals surface area (Å²) in [6, 6.07) is 0. The first-order valence-corrected chi connectivity index (χ1v) is 5.51. The molecule has 3 aromatic rings. The molecule has 14 nitrogen and oxygen atoms in total. The van der Waals surface area contributed by atoms with Gasteiger partial charge in [0.25, 0.3) is 11.9 Å². The van der Waals surface area contributed by atoms with Gasteiger partial charge in [0.05, 0.1) is 9.85 Å². The zero-order valence-electron chi connectivity index (χ0n) is 10.4. The molecule has 0 spiro atoms. The lowest BCUT2D eigenvalue weighted by Crippen LogP contribution is -2.10. The van der Waals surface area contributed by atoms with E-state index in [9.17, 15) is 20.2 Å². The second kappa shape index (κ2) is 4.93. The molecule has 14 heteroatoms. The fourth-order valence-corrected chi connectivity index (χ4v) is 1.44. The van der Waals surface area contributed by atoms with Gasteiger partial charge in [0.2, 0.25) is 0 Å². The van der Waals surface area contributed by atoms with E-state index in [1.807, 2.05) is 0 Å². The van der Waals surface area contributed by atoms with Gasteiger partial charge in [-0.3, -0.25) is 20.2 Å². The van der Waals surface area contributed by atoms with Crippen LogP contribution in [0.15, 0.2) is 24.8 Å². The summed E-state index contributed by atoms with van der Waals surface area (Å²) in [5.41, 5.74) is -0.481. The zero-order chi connectivity index (χ0) is 15.7. The van der Waals surface area contributed by atoms with Crippen LogP contribution in [0.1, 0.15) is 0 Å². The summed E-state index contributed by atoms with van der Waals surface area (Å²) >= 11 is 0. The Morgan fingerprint density at radius 1 is 0.773 bits per heavy atom. The number of nitrogens with zero attached hydrogens (tertiary/aromatic N) is 10. The molecule has 0 aliphatic heterocycles. The normalized spacial score (nSPS) is 10.5. The Morgan fingerprint density at radius 3 is 1.41 bits per heavy atom. The van der Waals surface area contributed by atoms with Crippen LogP contribution in [0.25, 0.3) is 11.9 Å². The first-order chi connectivity index (χ1) is 10.5. The van der Waals surface area contributed by atoms with Gasteiger partial charge in [0.15, 0.2) is 0 Å². The highest BCUT2D eigenvalue weighted by Crippen LogP contribution is 2.11. The maximum Gasteiger partial charge on any atom is 0.307 e. The van der Waals surface area contributed by atoms with Crippen LogP contribution in [0, 0.1) is 20.2 Å². The van der Waals surface area contributed by atoms with Gasteiger partial charge >= 0.3 is 11.4 Å². The number of rotatable bonds is 4. The molecule has 0 radical (unpaired) electrons. The molecule has 0 saturated heterocycles. The molecule has 0 unspecified atom stereocenters. The van der Waals surface area contributed by atoms with E-state index in [-0.39, 0.29) is 23.3 Å². The van der Waals surface area contributed by atoms with Gasteiger partial charge in [-0.25, -0.2) is 0 Å². The Labute approximate surface area is 119 Å². The molecule has 0 aliphatic carbocycles. The lowest BCUT2D eigenvalue weighted by atomic mass is 10.6. The molecule has 0 aliphatic rings. The molecule has 3 heterocycles. The van der Waals surface area contributed by atoms with Crippen LogP contribution in [0.5, 0.6) is 0 Å². The molecular formula is C8H4N10O4. The van der Waals surface area contributed by atoms with Gasteiger partial charge in [-0.2, -0.15) is 19.6 Å². The first kappa shape index (κ1) is 13.2. The van der Waals surface area contributed by atoms with E-state index in [1.54, 1.807) is 0 Å². The van der Waals surface area contributed by atoms with Crippen LogP contribution >= 0.6 is 0 Å². The van der Waals surface area contributed by atoms with E-state index in [1.165, 1.54) is 0 Å². The number of aromatic nitrogens is 8. The summed E-state index contributed by atoms with van der Waals surface area (Å²) in [5, 5.41) is 43.2. The molecule has 0 aromatic carbocycles. The minimum atomic E-state index is -0.623. The van der Waals surface area contributed by atoms with E-state index in [0.29, 0.717) is 0 Å². The van der Waals surface area contributed by atoms with Crippen molar-refractivity contribution >= 4 is 11.4 Å². The summed E-state index contributed by atoms with van der Waals surface area (Å²) in [5.74, 6) is -0.197. The predicted molar refractivity (Wildman–Crippen MR) is 65.2 cm³/mol. The van der Waals surface area contributed by atoms with E-state index in [0.717, 1.165) is 34.2 Å². The second-order valence-electron chi connectivity index (χ2n) is 3.80. The standard InChI is InChI=1S/C8H4N10O4/c19-17(20)5-1-9-15(3-5)7-11-13-8(14-12-7)16-4-6(2-10-16)18(21)22/h1-4H. The molecule has 22 heavy (non-hydrogen) atoms. The largest absolute Gasteiger partial charge is 0.307 e. The van der Waals surface area contributed by atoms with Crippen molar-refractivity contribution in [3.05, 3.63) is 45.0 Å². The van der Waals surface area contributed by atoms with Crippen molar-refractivity contribution in [1.29, 1.82) is 0 Å².